The molecule has 0 atom stereocenters. The first-order valence-corrected chi connectivity index (χ1v) is 4.53. The molecule has 1 aromatic rings. The van der Waals surface area contributed by atoms with E-state index in [-0.39, 0.29) is 14.7 Å². The van der Waals surface area contributed by atoms with E-state index in [2.05, 4.69) is 36.6 Å². The van der Waals surface area contributed by atoms with Crippen LogP contribution in [0.4, 0.5) is 8.78 Å². The number of hydrogen-bond donors (Lipinski definition) is 0. The van der Waals surface area contributed by atoms with Gasteiger partial charge in [-0.1, -0.05) is 0 Å². The average Bonchev–Trinajstić information content (AvgIpc) is 2.08. The van der Waals surface area contributed by atoms with Crippen molar-refractivity contribution in [2.24, 2.45) is 0 Å². The fraction of sp³-hybridized carbons (Fsp3) is 0.143. The minimum absolute atomic E-state index is 0.0272. The van der Waals surface area contributed by atoms with Crippen molar-refractivity contribution >= 4 is 31.9 Å². The van der Waals surface area contributed by atoms with E-state index in [0.29, 0.717) is 0 Å². The maximum Gasteiger partial charge on any atom is 0.180 e. The quantitative estimate of drug-likeness (QED) is 0.570. The molecule has 12 heavy (non-hydrogen) atoms. The van der Waals surface area contributed by atoms with Crippen molar-refractivity contribution in [2.75, 3.05) is 7.11 Å². The van der Waals surface area contributed by atoms with E-state index in [0.717, 1.165) is 6.07 Å². The number of methoxy groups -OCH3 is 1. The Morgan fingerprint density at radius 2 is 1.83 bits per heavy atom. The molecule has 0 unspecified atom stereocenters. The third-order valence-electron chi connectivity index (χ3n) is 1.29. The van der Waals surface area contributed by atoms with Crippen LogP contribution in [0.1, 0.15) is 0 Å². The minimum atomic E-state index is -0.620. The van der Waals surface area contributed by atoms with Crippen LogP contribution in [0.5, 0.6) is 5.75 Å². The highest BCUT2D eigenvalue weighted by molar-refractivity contribution is 9.13. The number of halogens is 4. The smallest absolute Gasteiger partial charge is 0.180 e. The van der Waals surface area contributed by atoms with Crippen LogP contribution in [0.3, 0.4) is 0 Å². The lowest BCUT2D eigenvalue weighted by Gasteiger charge is -2.05. The summed E-state index contributed by atoms with van der Waals surface area (Å²) in [6, 6.07) is 0.976. The molecular formula is C7H4Br2F2O. The van der Waals surface area contributed by atoms with Gasteiger partial charge in [-0.2, -0.15) is 0 Å². The maximum atomic E-state index is 13.1. The van der Waals surface area contributed by atoms with E-state index >= 15 is 0 Å². The number of hydrogen-bond acceptors (Lipinski definition) is 1. The van der Waals surface area contributed by atoms with Crippen molar-refractivity contribution in [3.63, 3.8) is 0 Å². The van der Waals surface area contributed by atoms with E-state index in [1.165, 1.54) is 7.11 Å². The minimum Gasteiger partial charge on any atom is -0.494 e. The molecule has 0 saturated heterocycles. The average molecular weight is 302 g/mol. The summed E-state index contributed by atoms with van der Waals surface area (Å²) in [6.45, 7) is 0. The molecule has 1 nitrogen and oxygen atoms in total. The molecule has 5 heteroatoms. The lowest BCUT2D eigenvalue weighted by atomic mass is 10.3. The Kier molecular flexibility index (Phi) is 3.06. The first kappa shape index (κ1) is 9.92. The lowest BCUT2D eigenvalue weighted by Crippen LogP contribution is -1.92. The van der Waals surface area contributed by atoms with Gasteiger partial charge in [-0.25, -0.2) is 8.78 Å². The SMILES string of the molecule is COc1cc(F)c(Br)c(Br)c1F. The molecule has 0 aliphatic carbocycles. The van der Waals surface area contributed by atoms with E-state index in [1.54, 1.807) is 0 Å². The van der Waals surface area contributed by atoms with Gasteiger partial charge in [0.15, 0.2) is 11.6 Å². The fourth-order valence-corrected chi connectivity index (χ4v) is 1.37. The van der Waals surface area contributed by atoms with Crippen molar-refractivity contribution in [3.8, 4) is 5.75 Å². The monoisotopic (exact) mass is 300 g/mol. The predicted molar refractivity (Wildman–Crippen MR) is 48.3 cm³/mol. The Morgan fingerprint density at radius 3 is 2.33 bits per heavy atom. The Labute approximate surface area is 85.0 Å². The third-order valence-corrected chi connectivity index (χ3v) is 3.34. The molecule has 0 saturated carbocycles. The second-order valence-electron chi connectivity index (χ2n) is 2.00. The summed E-state index contributed by atoms with van der Waals surface area (Å²) >= 11 is 5.76. The molecular weight excluding hydrogens is 298 g/mol. The molecule has 0 spiro atoms. The Balaban J connectivity index is 3.39. The van der Waals surface area contributed by atoms with Crippen LogP contribution in [0, 0.1) is 11.6 Å². The summed E-state index contributed by atoms with van der Waals surface area (Å²) in [4.78, 5) is 0. The first-order chi connectivity index (χ1) is 5.57. The van der Waals surface area contributed by atoms with Gasteiger partial charge >= 0.3 is 0 Å². The van der Waals surface area contributed by atoms with Crippen LogP contribution >= 0.6 is 31.9 Å². The molecule has 0 aliphatic heterocycles. The molecule has 66 valence electrons. The summed E-state index contributed by atoms with van der Waals surface area (Å²) in [5.41, 5.74) is 0. The third kappa shape index (κ3) is 1.61. The Morgan fingerprint density at radius 1 is 1.25 bits per heavy atom. The van der Waals surface area contributed by atoms with E-state index in [4.69, 9.17) is 0 Å². The largest absolute Gasteiger partial charge is 0.494 e. The van der Waals surface area contributed by atoms with Gasteiger partial charge in [-0.3, -0.25) is 0 Å². The molecule has 0 fully saturated rings. The molecule has 1 rings (SSSR count). The highest BCUT2D eigenvalue weighted by atomic mass is 79.9. The van der Waals surface area contributed by atoms with Crippen LogP contribution in [0.25, 0.3) is 0 Å². The highest BCUT2D eigenvalue weighted by Crippen LogP contribution is 2.34. The zero-order valence-corrected chi connectivity index (χ0v) is 9.17. The molecule has 0 radical (unpaired) electrons. The molecule has 1 aromatic carbocycles. The Bertz CT molecular complexity index is 315. The van der Waals surface area contributed by atoms with Crippen LogP contribution < -0.4 is 4.74 Å². The van der Waals surface area contributed by atoms with Gasteiger partial charge in [-0.05, 0) is 31.9 Å². The van der Waals surface area contributed by atoms with Gasteiger partial charge in [0.1, 0.15) is 5.82 Å². The molecule has 0 heterocycles. The van der Waals surface area contributed by atoms with E-state index in [1.807, 2.05) is 0 Å². The molecule has 0 bridgehead atoms. The van der Waals surface area contributed by atoms with Crippen LogP contribution in [-0.4, -0.2) is 7.11 Å². The highest BCUT2D eigenvalue weighted by Gasteiger charge is 2.14. The Hall–Kier alpha value is -0.160. The van der Waals surface area contributed by atoms with Gasteiger partial charge in [0.05, 0.1) is 16.1 Å². The van der Waals surface area contributed by atoms with Crippen molar-refractivity contribution in [3.05, 3.63) is 26.6 Å². The maximum absolute atomic E-state index is 13.1. The zero-order chi connectivity index (χ0) is 9.30. The van der Waals surface area contributed by atoms with Crippen molar-refractivity contribution < 1.29 is 13.5 Å². The summed E-state index contributed by atoms with van der Waals surface area (Å²) in [5.74, 6) is -1.31. The number of benzene rings is 1. The van der Waals surface area contributed by atoms with E-state index in [9.17, 15) is 8.78 Å². The fourth-order valence-electron chi connectivity index (χ4n) is 0.700. The van der Waals surface area contributed by atoms with Crippen molar-refractivity contribution in [1.82, 2.24) is 0 Å². The number of rotatable bonds is 1. The second-order valence-corrected chi connectivity index (χ2v) is 3.59. The molecule has 0 aliphatic rings. The van der Waals surface area contributed by atoms with Gasteiger partial charge in [0.2, 0.25) is 0 Å². The lowest BCUT2D eigenvalue weighted by molar-refractivity contribution is 0.380. The van der Waals surface area contributed by atoms with E-state index < -0.39 is 11.6 Å². The summed E-state index contributed by atoms with van der Waals surface area (Å²) in [6.07, 6.45) is 0. The van der Waals surface area contributed by atoms with Gasteiger partial charge < -0.3 is 4.74 Å². The number of ether oxygens (including phenoxy) is 1. The standard InChI is InChI=1S/C7H4Br2F2O/c1-12-4-2-3(10)5(8)6(9)7(4)11/h2H,1H3. The summed E-state index contributed by atoms with van der Waals surface area (Å²) < 4.78 is 30.6. The topological polar surface area (TPSA) is 9.23 Å². The zero-order valence-electron chi connectivity index (χ0n) is 6.00. The molecule has 0 amide bonds. The van der Waals surface area contributed by atoms with Crippen LogP contribution in [-0.2, 0) is 0 Å². The van der Waals surface area contributed by atoms with Crippen molar-refractivity contribution in [2.45, 2.75) is 0 Å². The van der Waals surface area contributed by atoms with Crippen LogP contribution in [0.15, 0.2) is 15.0 Å². The van der Waals surface area contributed by atoms with Gasteiger partial charge in [0, 0.05) is 6.07 Å². The first-order valence-electron chi connectivity index (χ1n) is 2.95. The molecule has 0 aromatic heterocycles. The van der Waals surface area contributed by atoms with Gasteiger partial charge in [-0.15, -0.1) is 0 Å². The normalized spacial score (nSPS) is 10.1. The van der Waals surface area contributed by atoms with Crippen molar-refractivity contribution in [1.29, 1.82) is 0 Å². The second kappa shape index (κ2) is 3.70. The van der Waals surface area contributed by atoms with Gasteiger partial charge in [0.25, 0.3) is 0 Å². The summed E-state index contributed by atoms with van der Waals surface area (Å²) in [7, 11) is 1.28. The predicted octanol–water partition coefficient (Wildman–Crippen LogP) is 3.50. The summed E-state index contributed by atoms with van der Waals surface area (Å²) in [5, 5.41) is 0. The van der Waals surface area contributed by atoms with Crippen LogP contribution in [0.2, 0.25) is 0 Å². The molecule has 0 N–H and O–H groups in total.